The van der Waals surface area contributed by atoms with Crippen molar-refractivity contribution in [1.29, 1.82) is 0 Å². The number of nitrogens with two attached hydrogens (primary N) is 5. The van der Waals surface area contributed by atoms with Gasteiger partial charge in [-0.3, -0.25) is 4.79 Å². The number of rotatable bonds is 10. The van der Waals surface area contributed by atoms with Crippen molar-refractivity contribution in [3.8, 4) is 0 Å². The molecule has 0 bridgehead atoms. The van der Waals surface area contributed by atoms with Crippen molar-refractivity contribution in [3.05, 3.63) is 203 Å². The Morgan fingerprint density at radius 2 is 1.18 bits per heavy atom. The molecular formula is C66H85N9O2. The first-order chi connectivity index (χ1) is 36.5. The molecule has 0 aliphatic carbocycles. The lowest BCUT2D eigenvalue weighted by molar-refractivity contribution is -0.113. The van der Waals surface area contributed by atoms with Gasteiger partial charge in [-0.1, -0.05) is 187 Å². The van der Waals surface area contributed by atoms with Crippen LogP contribution in [0.5, 0.6) is 0 Å². The van der Waals surface area contributed by atoms with Gasteiger partial charge in [0.15, 0.2) is 5.95 Å². The van der Waals surface area contributed by atoms with E-state index in [1.54, 1.807) is 24.5 Å². The molecule has 0 radical (unpaired) electrons. The molecule has 4 heterocycles. The van der Waals surface area contributed by atoms with E-state index in [2.05, 4.69) is 175 Å². The number of nitrogens with zero attached hydrogens (tertiary/aromatic N) is 3. The number of aromatic amines is 1. The predicted molar refractivity (Wildman–Crippen MR) is 330 cm³/mol. The number of primary amides is 1. The zero-order valence-corrected chi connectivity index (χ0v) is 47.9. The first kappa shape index (κ1) is 61.5. The van der Waals surface area contributed by atoms with Crippen molar-refractivity contribution in [3.63, 3.8) is 0 Å². The molecule has 11 N–H and O–H groups in total. The highest BCUT2D eigenvalue weighted by atomic mass is 16.3. The van der Waals surface area contributed by atoms with Gasteiger partial charge in [-0.15, -0.1) is 0 Å². The molecule has 1 amide bonds. The summed E-state index contributed by atoms with van der Waals surface area (Å²) in [6.45, 7) is 32.1. The van der Waals surface area contributed by atoms with Crippen molar-refractivity contribution in [2.75, 3.05) is 17.2 Å². The summed E-state index contributed by atoms with van der Waals surface area (Å²) in [4.78, 5) is 25.7. The van der Waals surface area contributed by atoms with E-state index in [0.717, 1.165) is 38.7 Å². The number of hydrogen-bond acceptors (Lipinski definition) is 9. The van der Waals surface area contributed by atoms with Crippen LogP contribution in [-0.2, 0) is 11.3 Å². The highest BCUT2D eigenvalue weighted by Gasteiger charge is 2.08. The number of aryl methyl sites for hydroxylation is 1. The number of aromatic nitrogens is 4. The molecule has 4 aromatic heterocycles. The molecule has 406 valence electrons. The van der Waals surface area contributed by atoms with E-state index in [9.17, 15) is 4.79 Å². The number of carbonyl (C=O) groups excluding carboxylic acids is 1. The highest BCUT2D eigenvalue weighted by Crippen LogP contribution is 2.28. The van der Waals surface area contributed by atoms with Crippen LogP contribution in [0.2, 0.25) is 0 Å². The van der Waals surface area contributed by atoms with Gasteiger partial charge < -0.3 is 38.1 Å². The molecule has 11 nitrogen and oxygen atoms in total. The topological polar surface area (TPSA) is 215 Å². The van der Waals surface area contributed by atoms with Gasteiger partial charge in [-0.05, 0) is 129 Å². The Kier molecular flexibility index (Phi) is 23.9. The van der Waals surface area contributed by atoms with Crippen LogP contribution < -0.4 is 28.7 Å². The van der Waals surface area contributed by atoms with Gasteiger partial charge in [0.25, 0.3) is 0 Å². The largest absolute Gasteiger partial charge is 0.461 e. The van der Waals surface area contributed by atoms with Crippen molar-refractivity contribution in [2.24, 2.45) is 17.4 Å². The summed E-state index contributed by atoms with van der Waals surface area (Å²) in [5, 5.41) is 5.68. The molecule has 0 aliphatic rings. The number of nitrogens with one attached hydrogen (secondary N) is 1. The Balaban J connectivity index is 0.000000200. The number of imidazole rings is 1. The van der Waals surface area contributed by atoms with Gasteiger partial charge >= 0.3 is 0 Å². The zero-order chi connectivity index (χ0) is 56.9. The summed E-state index contributed by atoms with van der Waals surface area (Å²) in [6, 6.07) is 39.7. The van der Waals surface area contributed by atoms with Crippen molar-refractivity contribution >= 4 is 67.0 Å². The Morgan fingerprint density at radius 3 is 1.77 bits per heavy atom. The lowest BCUT2D eigenvalue weighted by Crippen LogP contribution is -2.06. The van der Waals surface area contributed by atoms with E-state index in [4.69, 9.17) is 33.1 Å². The van der Waals surface area contributed by atoms with Gasteiger partial charge in [0.1, 0.15) is 23.0 Å². The molecule has 0 fully saturated rings. The van der Waals surface area contributed by atoms with Crippen LogP contribution in [0.15, 0.2) is 169 Å². The maximum absolute atomic E-state index is 10.4. The minimum Gasteiger partial charge on any atom is -0.461 e. The van der Waals surface area contributed by atoms with Gasteiger partial charge in [0.05, 0.1) is 11.0 Å². The number of fused-ring (bicyclic) bond motifs is 4. The van der Waals surface area contributed by atoms with Gasteiger partial charge in [0.2, 0.25) is 5.91 Å². The number of carbonyl (C=O) groups is 1. The van der Waals surface area contributed by atoms with Crippen LogP contribution >= 0.6 is 0 Å². The fourth-order valence-corrected chi connectivity index (χ4v) is 8.08. The van der Waals surface area contributed by atoms with E-state index < -0.39 is 5.91 Å². The second-order valence-corrected chi connectivity index (χ2v) is 20.9. The quantitative estimate of drug-likeness (QED) is 0.0567. The standard InChI is InChI=1S/2C12H14N2.C12H14O.C10H13N3.C10H15NO.C10H15N/c1-8(2)9-3-4-11-10(7-9)5-6-14-12(11)13;1-8(2)9-4-3-5-11-10(9)6-7-14-12(11)13;1-8(2)10-4-5-11-6-9(3)13-12(11)7-10;1-6(2)7-3-4-8-9(5-7)13-10(11)12-8;1-4-5-9(8(2)3)6-7-10(11)12;1-8(2)10-5-3-9(7-11)4-6-10/h2*3-8H,1-2H3,(H2,13,14);4-8H,1-3H3;3-6H,1-2H3,(H3,11,12,13);4-8H,1H2,2-3H3,(H2,11,12);3-6,8H,7,11H2,1-2H3/b;;;;7-6+,9-5+;. The molecule has 5 aromatic carbocycles. The average molecular weight is 1040 g/mol. The molecule has 0 saturated heterocycles. The second-order valence-electron chi connectivity index (χ2n) is 20.9. The third kappa shape index (κ3) is 18.9. The third-order valence-electron chi connectivity index (χ3n) is 12.8. The lowest BCUT2D eigenvalue weighted by Gasteiger charge is -2.10. The molecule has 11 heteroatoms. The number of amides is 1. The first-order valence-electron chi connectivity index (χ1n) is 26.6. The van der Waals surface area contributed by atoms with Crippen LogP contribution in [0, 0.1) is 12.8 Å². The smallest absolute Gasteiger partial charge is 0.241 e. The maximum atomic E-state index is 10.4. The molecule has 0 aliphatic heterocycles. The number of furan rings is 1. The van der Waals surface area contributed by atoms with Crippen LogP contribution in [0.3, 0.4) is 0 Å². The summed E-state index contributed by atoms with van der Waals surface area (Å²) in [5.74, 6) is 5.42. The monoisotopic (exact) mass is 1040 g/mol. The molecular weight excluding hydrogens is 951 g/mol. The SMILES string of the molecule is C=C/C=C(\C=C\C(N)=O)C(C)C.CC(C)c1ccc(CN)cc1.CC(C)c1ccc2c(N)nccc2c1.CC(C)c1ccc2nc(N)[nH]c2c1.CC(C)c1cccc2c(N)nccc12.Cc1cc2ccc(C(C)C)cc2o1. The van der Waals surface area contributed by atoms with E-state index in [0.29, 0.717) is 59.6 Å². The number of hydrogen-bond donors (Lipinski definition) is 6. The van der Waals surface area contributed by atoms with Crippen molar-refractivity contribution in [2.45, 2.75) is 126 Å². The van der Waals surface area contributed by atoms with Gasteiger partial charge in [-0.25, -0.2) is 15.0 Å². The molecule has 0 saturated carbocycles. The van der Waals surface area contributed by atoms with Crippen LogP contribution in [0.25, 0.3) is 43.5 Å². The molecule has 77 heavy (non-hydrogen) atoms. The minimum absolute atomic E-state index is 0.374. The first-order valence-corrected chi connectivity index (χ1v) is 26.6. The Labute approximate surface area is 458 Å². The van der Waals surface area contributed by atoms with Gasteiger partial charge in [-0.2, -0.15) is 0 Å². The molecule has 0 atom stereocenters. The Morgan fingerprint density at radius 1 is 0.610 bits per heavy atom. The van der Waals surface area contributed by atoms with Gasteiger partial charge in [0, 0.05) is 41.2 Å². The minimum atomic E-state index is -0.425. The van der Waals surface area contributed by atoms with Crippen LogP contribution in [0.1, 0.15) is 152 Å². The van der Waals surface area contributed by atoms with E-state index in [1.807, 2.05) is 63.2 Å². The van der Waals surface area contributed by atoms with Crippen LogP contribution in [0.4, 0.5) is 17.6 Å². The number of anilines is 3. The van der Waals surface area contributed by atoms with Crippen molar-refractivity contribution < 1.29 is 9.21 Å². The number of allylic oxidation sites excluding steroid dienone is 4. The highest BCUT2D eigenvalue weighted by molar-refractivity contribution is 5.93. The third-order valence-corrected chi connectivity index (χ3v) is 12.8. The molecule has 0 unspecified atom stereocenters. The lowest BCUT2D eigenvalue weighted by atomic mass is 9.97. The predicted octanol–water partition coefficient (Wildman–Crippen LogP) is 16.1. The summed E-state index contributed by atoms with van der Waals surface area (Å²) in [7, 11) is 0. The summed E-state index contributed by atoms with van der Waals surface area (Å²) in [5.41, 5.74) is 39.5. The normalized spacial score (nSPS) is 11.3. The fraction of sp³-hybridized carbons (Fsp3) is 0.303. The Bertz CT molecular complexity index is 3270. The molecule has 9 aromatic rings. The van der Waals surface area contributed by atoms with E-state index in [1.165, 1.54) is 55.6 Å². The zero-order valence-electron chi connectivity index (χ0n) is 47.9. The summed E-state index contributed by atoms with van der Waals surface area (Å²) in [6.07, 6.45) is 10.2. The van der Waals surface area contributed by atoms with E-state index >= 15 is 0 Å². The molecule has 9 rings (SSSR count). The molecule has 0 spiro atoms. The fourth-order valence-electron chi connectivity index (χ4n) is 8.08. The maximum Gasteiger partial charge on any atom is 0.241 e. The number of benzene rings is 5. The summed E-state index contributed by atoms with van der Waals surface area (Å²) < 4.78 is 5.56. The van der Waals surface area contributed by atoms with E-state index in [-0.39, 0.29) is 0 Å². The average Bonchev–Trinajstić information content (AvgIpc) is 3.98. The number of H-pyrrole nitrogens is 1. The van der Waals surface area contributed by atoms with Crippen molar-refractivity contribution in [1.82, 2.24) is 19.9 Å². The Hall–Kier alpha value is -8.02. The van der Waals surface area contributed by atoms with Crippen LogP contribution in [-0.4, -0.2) is 25.8 Å². The second kappa shape index (κ2) is 29.9. The number of nitrogen functional groups attached to an aromatic ring is 3. The number of pyridine rings is 2. The summed E-state index contributed by atoms with van der Waals surface area (Å²) >= 11 is 0.